The van der Waals surface area contributed by atoms with Crippen molar-refractivity contribution in [1.29, 1.82) is 0 Å². The first-order chi connectivity index (χ1) is 8.69. The summed E-state index contributed by atoms with van der Waals surface area (Å²) in [5, 5.41) is 14.2. The molecule has 0 bridgehead atoms. The number of rotatable bonds is 8. The molecule has 0 saturated heterocycles. The van der Waals surface area contributed by atoms with E-state index in [1.54, 1.807) is 0 Å². The summed E-state index contributed by atoms with van der Waals surface area (Å²) in [7, 11) is 0. The molecule has 5 nitrogen and oxygen atoms in total. The van der Waals surface area contributed by atoms with Gasteiger partial charge in [-0.2, -0.15) is 0 Å². The van der Waals surface area contributed by atoms with Crippen molar-refractivity contribution in [2.75, 3.05) is 13.2 Å². The Kier molecular flexibility index (Phi) is 4.58. The summed E-state index contributed by atoms with van der Waals surface area (Å²) in [5.74, 6) is 0.936. The van der Waals surface area contributed by atoms with Gasteiger partial charge in [0.05, 0.1) is 6.61 Å². The SMILES string of the molecule is O=C(CC1CC1)N[C@@H](CC1CC1)C(=O)NCCO. The van der Waals surface area contributed by atoms with Crippen molar-refractivity contribution in [2.24, 2.45) is 11.8 Å². The average Bonchev–Trinajstić information content (AvgIpc) is 3.20. The quantitative estimate of drug-likeness (QED) is 0.578. The van der Waals surface area contributed by atoms with Gasteiger partial charge in [-0.05, 0) is 31.1 Å². The van der Waals surface area contributed by atoms with E-state index >= 15 is 0 Å². The van der Waals surface area contributed by atoms with Gasteiger partial charge in [0.15, 0.2) is 0 Å². The molecule has 0 heterocycles. The van der Waals surface area contributed by atoms with Gasteiger partial charge in [-0.1, -0.05) is 12.8 Å². The van der Waals surface area contributed by atoms with E-state index in [0.717, 1.165) is 32.1 Å². The second kappa shape index (κ2) is 6.18. The monoisotopic (exact) mass is 254 g/mol. The van der Waals surface area contributed by atoms with Gasteiger partial charge in [0, 0.05) is 13.0 Å². The van der Waals surface area contributed by atoms with Crippen LogP contribution in [-0.4, -0.2) is 36.1 Å². The van der Waals surface area contributed by atoms with Crippen LogP contribution in [0.2, 0.25) is 0 Å². The summed E-state index contributed by atoms with van der Waals surface area (Å²) in [6.45, 7) is 0.177. The van der Waals surface area contributed by atoms with Crippen molar-refractivity contribution in [3.8, 4) is 0 Å². The van der Waals surface area contributed by atoms with E-state index in [1.807, 2.05) is 0 Å². The van der Waals surface area contributed by atoms with Gasteiger partial charge in [0.1, 0.15) is 6.04 Å². The summed E-state index contributed by atoms with van der Waals surface area (Å²) in [6, 6.07) is -0.421. The number of aliphatic hydroxyl groups excluding tert-OH is 1. The summed E-state index contributed by atoms with van der Waals surface area (Å²) in [6.07, 6.45) is 5.86. The third-order valence-electron chi connectivity index (χ3n) is 3.50. The molecule has 2 amide bonds. The van der Waals surface area contributed by atoms with E-state index in [0.29, 0.717) is 18.3 Å². The minimum absolute atomic E-state index is 0.0118. The minimum atomic E-state index is -0.421. The first kappa shape index (κ1) is 13.3. The van der Waals surface area contributed by atoms with Gasteiger partial charge in [-0.15, -0.1) is 0 Å². The summed E-state index contributed by atoms with van der Waals surface area (Å²) >= 11 is 0. The summed E-state index contributed by atoms with van der Waals surface area (Å²) in [5.41, 5.74) is 0. The molecule has 3 N–H and O–H groups in total. The Hall–Kier alpha value is -1.10. The summed E-state index contributed by atoms with van der Waals surface area (Å²) < 4.78 is 0. The average molecular weight is 254 g/mol. The van der Waals surface area contributed by atoms with Crippen LogP contribution in [0.4, 0.5) is 0 Å². The van der Waals surface area contributed by atoms with E-state index in [9.17, 15) is 9.59 Å². The van der Waals surface area contributed by atoms with Gasteiger partial charge >= 0.3 is 0 Å². The molecule has 18 heavy (non-hydrogen) atoms. The lowest BCUT2D eigenvalue weighted by molar-refractivity contribution is -0.129. The molecule has 0 aromatic rings. The molecule has 2 rings (SSSR count). The zero-order valence-electron chi connectivity index (χ0n) is 10.7. The maximum Gasteiger partial charge on any atom is 0.242 e. The Bertz CT molecular complexity index is 311. The highest BCUT2D eigenvalue weighted by molar-refractivity contribution is 5.87. The largest absolute Gasteiger partial charge is 0.395 e. The van der Waals surface area contributed by atoms with Gasteiger partial charge in [-0.3, -0.25) is 9.59 Å². The molecule has 2 saturated carbocycles. The number of nitrogens with one attached hydrogen (secondary N) is 2. The Labute approximate surface area is 107 Å². The van der Waals surface area contributed by atoms with Crippen molar-refractivity contribution in [1.82, 2.24) is 10.6 Å². The zero-order valence-corrected chi connectivity index (χ0v) is 10.7. The van der Waals surface area contributed by atoms with Crippen LogP contribution in [0.1, 0.15) is 38.5 Å². The Balaban J connectivity index is 1.78. The van der Waals surface area contributed by atoms with Gasteiger partial charge in [0.2, 0.25) is 11.8 Å². The fourth-order valence-corrected chi connectivity index (χ4v) is 2.06. The van der Waals surface area contributed by atoms with Crippen molar-refractivity contribution >= 4 is 11.8 Å². The topological polar surface area (TPSA) is 78.4 Å². The Morgan fingerprint density at radius 3 is 2.39 bits per heavy atom. The Morgan fingerprint density at radius 1 is 1.17 bits per heavy atom. The van der Waals surface area contributed by atoms with Crippen LogP contribution in [0.15, 0.2) is 0 Å². The molecule has 0 spiro atoms. The fraction of sp³-hybridized carbons (Fsp3) is 0.846. The molecule has 0 aliphatic heterocycles. The van der Waals surface area contributed by atoms with E-state index < -0.39 is 6.04 Å². The molecular formula is C13H22N2O3. The maximum absolute atomic E-state index is 11.9. The molecule has 1 atom stereocenters. The third kappa shape index (κ3) is 4.64. The number of carbonyl (C=O) groups is 2. The molecule has 2 aliphatic carbocycles. The minimum Gasteiger partial charge on any atom is -0.395 e. The lowest BCUT2D eigenvalue weighted by Crippen LogP contribution is -2.47. The predicted molar refractivity (Wildman–Crippen MR) is 66.7 cm³/mol. The molecule has 2 aliphatic rings. The highest BCUT2D eigenvalue weighted by Gasteiger charge is 2.31. The highest BCUT2D eigenvalue weighted by Crippen LogP contribution is 2.34. The molecule has 0 radical (unpaired) electrons. The zero-order chi connectivity index (χ0) is 13.0. The van der Waals surface area contributed by atoms with Crippen LogP contribution in [0.25, 0.3) is 0 Å². The van der Waals surface area contributed by atoms with E-state index in [4.69, 9.17) is 5.11 Å². The predicted octanol–water partition coefficient (Wildman–Crippen LogP) is 0.180. The Morgan fingerprint density at radius 2 is 1.83 bits per heavy atom. The molecule has 102 valence electrons. The van der Waals surface area contributed by atoms with Gasteiger partial charge in [-0.25, -0.2) is 0 Å². The molecule has 2 fully saturated rings. The number of carbonyl (C=O) groups excluding carboxylic acids is 2. The molecule has 0 aromatic heterocycles. The first-order valence-electron chi connectivity index (χ1n) is 6.87. The molecule has 0 unspecified atom stereocenters. The molecule has 5 heteroatoms. The molecule has 0 aromatic carbocycles. The second-order valence-corrected chi connectivity index (χ2v) is 5.46. The normalized spacial score (nSPS) is 20.3. The number of amides is 2. The van der Waals surface area contributed by atoms with Crippen LogP contribution < -0.4 is 10.6 Å². The van der Waals surface area contributed by atoms with Crippen molar-refractivity contribution < 1.29 is 14.7 Å². The van der Waals surface area contributed by atoms with E-state index in [-0.39, 0.29) is 25.0 Å². The first-order valence-corrected chi connectivity index (χ1v) is 6.87. The molecular weight excluding hydrogens is 232 g/mol. The number of hydrogen-bond acceptors (Lipinski definition) is 3. The third-order valence-corrected chi connectivity index (χ3v) is 3.50. The van der Waals surface area contributed by atoms with Crippen molar-refractivity contribution in [3.05, 3.63) is 0 Å². The standard InChI is InChI=1S/C13H22N2O3/c16-6-5-14-13(18)11(7-9-1-2-9)15-12(17)8-10-3-4-10/h9-11,16H,1-8H2,(H,14,18)(H,15,17)/t11-/m0/s1. The van der Waals surface area contributed by atoms with E-state index in [2.05, 4.69) is 10.6 Å². The van der Waals surface area contributed by atoms with Crippen LogP contribution in [0, 0.1) is 11.8 Å². The van der Waals surface area contributed by atoms with Crippen LogP contribution in [0.5, 0.6) is 0 Å². The lowest BCUT2D eigenvalue weighted by Gasteiger charge is -2.18. The second-order valence-electron chi connectivity index (χ2n) is 5.46. The number of hydrogen-bond donors (Lipinski definition) is 3. The maximum atomic E-state index is 11.9. The van der Waals surface area contributed by atoms with Crippen LogP contribution in [0.3, 0.4) is 0 Å². The lowest BCUT2D eigenvalue weighted by atomic mass is 10.1. The van der Waals surface area contributed by atoms with Crippen molar-refractivity contribution in [3.63, 3.8) is 0 Å². The highest BCUT2D eigenvalue weighted by atomic mass is 16.3. The smallest absolute Gasteiger partial charge is 0.242 e. The van der Waals surface area contributed by atoms with Gasteiger partial charge < -0.3 is 15.7 Å². The van der Waals surface area contributed by atoms with Crippen molar-refractivity contribution in [2.45, 2.75) is 44.6 Å². The summed E-state index contributed by atoms with van der Waals surface area (Å²) in [4.78, 5) is 23.6. The van der Waals surface area contributed by atoms with Gasteiger partial charge in [0.25, 0.3) is 0 Å². The van der Waals surface area contributed by atoms with E-state index in [1.165, 1.54) is 0 Å². The fourth-order valence-electron chi connectivity index (χ4n) is 2.06. The van der Waals surface area contributed by atoms with Crippen LogP contribution >= 0.6 is 0 Å². The van der Waals surface area contributed by atoms with Crippen LogP contribution in [-0.2, 0) is 9.59 Å². The number of aliphatic hydroxyl groups is 1.